The lowest BCUT2D eigenvalue weighted by molar-refractivity contribution is -0.882. The molecule has 2 N–H and O–H groups in total. The Kier molecular flexibility index (Phi) is 8.94. The van der Waals surface area contributed by atoms with E-state index in [1.807, 2.05) is 17.9 Å². The summed E-state index contributed by atoms with van der Waals surface area (Å²) in [6.45, 7) is 6.31. The number of carbonyl (C=O) groups excluding carboxylic acids is 3. The largest absolute Gasteiger partial charge is 0.450 e. The first kappa shape index (κ1) is 21.9. The summed E-state index contributed by atoms with van der Waals surface area (Å²) >= 11 is 0. The lowest BCUT2D eigenvalue weighted by Gasteiger charge is -2.32. The molecular weight excluding hydrogens is 358 g/mol. The number of hydrogen-bond donors (Lipinski definition) is 2. The quantitative estimate of drug-likeness (QED) is 0.683. The molecule has 1 unspecified atom stereocenters. The molecule has 1 atom stereocenters. The molecule has 1 fully saturated rings. The van der Waals surface area contributed by atoms with E-state index in [4.69, 9.17) is 4.74 Å². The predicted molar refractivity (Wildman–Crippen MR) is 106 cm³/mol. The van der Waals surface area contributed by atoms with E-state index in [0.29, 0.717) is 12.5 Å². The molecule has 0 bridgehead atoms. The molecule has 0 aromatic heterocycles. The van der Waals surface area contributed by atoms with Crippen molar-refractivity contribution >= 4 is 17.9 Å². The molecule has 1 aromatic carbocycles. The number of ether oxygens (including phenoxy) is 1. The number of imide groups is 1. The summed E-state index contributed by atoms with van der Waals surface area (Å²) < 4.78 is 4.70. The molecule has 28 heavy (non-hydrogen) atoms. The summed E-state index contributed by atoms with van der Waals surface area (Å²) in [6, 6.07) is 10.5. The number of quaternary nitrogens is 1. The van der Waals surface area contributed by atoms with Crippen LogP contribution in [0.2, 0.25) is 0 Å². The van der Waals surface area contributed by atoms with Gasteiger partial charge in [0.15, 0.2) is 13.1 Å². The minimum atomic E-state index is -0.741. The number of rotatable bonds is 8. The van der Waals surface area contributed by atoms with Crippen LogP contribution in [0.5, 0.6) is 0 Å². The van der Waals surface area contributed by atoms with Crippen LogP contribution in [0, 0.1) is 5.92 Å². The Bertz CT molecular complexity index is 642. The van der Waals surface area contributed by atoms with Crippen molar-refractivity contribution in [2.24, 2.45) is 5.92 Å². The Hall–Kier alpha value is -2.41. The van der Waals surface area contributed by atoms with Gasteiger partial charge < -0.3 is 14.5 Å². The van der Waals surface area contributed by atoms with Crippen molar-refractivity contribution in [3.05, 3.63) is 35.9 Å². The molecule has 154 valence electrons. The molecule has 0 aliphatic carbocycles. The van der Waals surface area contributed by atoms with Crippen LogP contribution >= 0.6 is 0 Å². The maximum atomic E-state index is 12.6. The number of nitrogens with zero attached hydrogens (tertiary/aromatic N) is 1. The van der Waals surface area contributed by atoms with E-state index in [1.165, 1.54) is 5.56 Å². The van der Waals surface area contributed by atoms with Gasteiger partial charge in [-0.2, -0.15) is 0 Å². The van der Waals surface area contributed by atoms with E-state index in [1.54, 1.807) is 6.92 Å². The number of alkyl carbamates (subject to hydrolysis) is 1. The van der Waals surface area contributed by atoms with Crippen LogP contribution in [0.25, 0.3) is 0 Å². The van der Waals surface area contributed by atoms with Gasteiger partial charge in [0.1, 0.15) is 0 Å². The number of hydrogen-bond acceptors (Lipinski definition) is 4. The highest BCUT2D eigenvalue weighted by Crippen LogP contribution is 2.21. The van der Waals surface area contributed by atoms with Gasteiger partial charge >= 0.3 is 6.09 Å². The molecule has 7 heteroatoms. The van der Waals surface area contributed by atoms with Gasteiger partial charge in [0.25, 0.3) is 11.8 Å². The van der Waals surface area contributed by atoms with E-state index in [-0.39, 0.29) is 25.6 Å². The highest BCUT2D eigenvalue weighted by Gasteiger charge is 2.26. The second kappa shape index (κ2) is 11.4. The van der Waals surface area contributed by atoms with Gasteiger partial charge in [-0.3, -0.25) is 14.9 Å². The van der Waals surface area contributed by atoms with E-state index in [9.17, 15) is 14.4 Å². The van der Waals surface area contributed by atoms with Crippen LogP contribution in [0.4, 0.5) is 4.79 Å². The molecular formula is C21H32N3O4+. The number of benzene rings is 1. The Morgan fingerprint density at radius 2 is 1.79 bits per heavy atom. The van der Waals surface area contributed by atoms with Gasteiger partial charge in [-0.25, -0.2) is 4.79 Å². The van der Waals surface area contributed by atoms with E-state index >= 15 is 0 Å². The van der Waals surface area contributed by atoms with Crippen LogP contribution in [-0.4, -0.2) is 62.1 Å². The van der Waals surface area contributed by atoms with Gasteiger partial charge in [-0.1, -0.05) is 30.3 Å². The van der Waals surface area contributed by atoms with Crippen molar-refractivity contribution in [2.75, 3.05) is 39.3 Å². The van der Waals surface area contributed by atoms with E-state index < -0.39 is 12.0 Å². The van der Waals surface area contributed by atoms with Crippen molar-refractivity contribution in [1.82, 2.24) is 10.2 Å². The van der Waals surface area contributed by atoms with Crippen molar-refractivity contribution in [3.8, 4) is 0 Å². The highest BCUT2D eigenvalue weighted by molar-refractivity contribution is 5.92. The van der Waals surface area contributed by atoms with E-state index in [0.717, 1.165) is 37.3 Å². The summed E-state index contributed by atoms with van der Waals surface area (Å²) in [6.07, 6.45) is 2.33. The van der Waals surface area contributed by atoms with Crippen LogP contribution in [0.3, 0.4) is 0 Å². The van der Waals surface area contributed by atoms with Gasteiger partial charge in [0.2, 0.25) is 0 Å². The number of carbonyl (C=O) groups is 3. The third-order valence-corrected chi connectivity index (χ3v) is 5.16. The fourth-order valence-corrected chi connectivity index (χ4v) is 3.52. The van der Waals surface area contributed by atoms with Crippen LogP contribution in [0.1, 0.15) is 32.3 Å². The fourth-order valence-electron chi connectivity index (χ4n) is 3.52. The summed E-state index contributed by atoms with van der Waals surface area (Å²) in [5.41, 5.74) is 1.35. The zero-order chi connectivity index (χ0) is 20.4. The molecule has 1 aliphatic heterocycles. The summed E-state index contributed by atoms with van der Waals surface area (Å²) in [4.78, 5) is 38.6. The summed E-state index contributed by atoms with van der Waals surface area (Å²) in [7, 11) is 0. The minimum absolute atomic E-state index is 0.0685. The van der Waals surface area contributed by atoms with E-state index in [2.05, 4.69) is 29.6 Å². The third kappa shape index (κ3) is 7.31. The van der Waals surface area contributed by atoms with Gasteiger partial charge in [-0.15, -0.1) is 0 Å². The normalized spacial score (nSPS) is 15.7. The maximum absolute atomic E-state index is 12.6. The topological polar surface area (TPSA) is 80.1 Å². The zero-order valence-corrected chi connectivity index (χ0v) is 16.9. The fraction of sp³-hybridized carbons (Fsp3) is 0.571. The van der Waals surface area contributed by atoms with Crippen molar-refractivity contribution < 1.29 is 24.0 Å². The maximum Gasteiger partial charge on any atom is 0.414 e. The van der Waals surface area contributed by atoms with Crippen LogP contribution in [-0.2, 0) is 20.7 Å². The average Bonchev–Trinajstić information content (AvgIpc) is 2.68. The first-order valence-electron chi connectivity index (χ1n) is 10.1. The molecule has 1 heterocycles. The molecule has 1 aliphatic rings. The molecule has 0 spiro atoms. The molecule has 7 nitrogen and oxygen atoms in total. The average molecular weight is 391 g/mol. The monoisotopic (exact) mass is 390 g/mol. The zero-order valence-electron chi connectivity index (χ0n) is 16.9. The SMILES string of the molecule is CCOC(=O)NC(=O)C[NH+](CC)CC(=O)N1CCC(Cc2ccccc2)CC1. The third-order valence-electron chi connectivity index (χ3n) is 5.16. The Morgan fingerprint density at radius 1 is 1.11 bits per heavy atom. The van der Waals surface area contributed by atoms with Crippen molar-refractivity contribution in [2.45, 2.75) is 33.1 Å². The first-order chi connectivity index (χ1) is 13.5. The molecule has 0 saturated carbocycles. The summed E-state index contributed by atoms with van der Waals surface area (Å²) in [5, 5.41) is 2.18. The van der Waals surface area contributed by atoms with Crippen molar-refractivity contribution in [3.63, 3.8) is 0 Å². The molecule has 1 aromatic rings. The second-order valence-electron chi connectivity index (χ2n) is 7.24. The standard InChI is InChI=1S/C21H31N3O4/c1-3-23(15-19(25)22-21(27)28-4-2)16-20(26)24-12-10-18(11-13-24)14-17-8-6-5-7-9-17/h5-9,18H,3-4,10-16H2,1-2H3,(H,22,25,27)/p+1. The van der Waals surface area contributed by atoms with Gasteiger partial charge in [0, 0.05) is 13.1 Å². The van der Waals surface area contributed by atoms with Crippen molar-refractivity contribution in [1.29, 1.82) is 0 Å². The Labute approximate surface area is 167 Å². The van der Waals surface area contributed by atoms with Gasteiger partial charge in [0.05, 0.1) is 13.2 Å². The smallest absolute Gasteiger partial charge is 0.414 e. The molecule has 0 radical (unpaired) electrons. The predicted octanol–water partition coefficient (Wildman–Crippen LogP) is 0.645. The number of amides is 3. The number of piperidine rings is 1. The van der Waals surface area contributed by atoms with Gasteiger partial charge in [-0.05, 0) is 44.6 Å². The van der Waals surface area contributed by atoms with Crippen LogP contribution < -0.4 is 10.2 Å². The number of likely N-dealkylation sites (tertiary alicyclic amines) is 1. The number of likely N-dealkylation sites (N-methyl/N-ethyl adjacent to an activating group) is 1. The first-order valence-corrected chi connectivity index (χ1v) is 10.1. The summed E-state index contributed by atoms with van der Waals surface area (Å²) in [5.74, 6) is 0.250. The number of nitrogens with one attached hydrogen (secondary N) is 2. The minimum Gasteiger partial charge on any atom is -0.450 e. The molecule has 2 rings (SSSR count). The lowest BCUT2D eigenvalue weighted by atomic mass is 9.90. The molecule has 1 saturated heterocycles. The molecule has 3 amide bonds. The Morgan fingerprint density at radius 3 is 2.39 bits per heavy atom. The highest BCUT2D eigenvalue weighted by atomic mass is 16.5. The lowest BCUT2D eigenvalue weighted by Crippen LogP contribution is -3.14. The second-order valence-corrected chi connectivity index (χ2v) is 7.24. The Balaban J connectivity index is 1.74. The van der Waals surface area contributed by atoms with Crippen LogP contribution in [0.15, 0.2) is 30.3 Å².